The van der Waals surface area contributed by atoms with Crippen LogP contribution in [0.4, 0.5) is 0 Å². The summed E-state index contributed by atoms with van der Waals surface area (Å²) in [6.45, 7) is 3.61. The number of unbranched alkanes of at least 4 members (excludes halogenated alkanes) is 15. The van der Waals surface area contributed by atoms with Crippen molar-refractivity contribution in [1.82, 2.24) is 0 Å². The fourth-order valence-electron chi connectivity index (χ4n) is 6.17. The molecule has 0 fully saturated rings. The summed E-state index contributed by atoms with van der Waals surface area (Å²) in [6, 6.07) is -1.48. The lowest BCUT2D eigenvalue weighted by Crippen LogP contribution is -2.34. The van der Waals surface area contributed by atoms with Crippen molar-refractivity contribution in [1.29, 1.82) is 0 Å². The summed E-state index contributed by atoms with van der Waals surface area (Å²) in [5, 5.41) is 8.92. The number of phosphoric acid groups is 1. The van der Waals surface area contributed by atoms with Crippen molar-refractivity contribution in [3.05, 3.63) is 97.2 Å². The Hall–Kier alpha value is -3.11. The van der Waals surface area contributed by atoms with Crippen molar-refractivity contribution < 1.29 is 42.7 Å². The van der Waals surface area contributed by atoms with Crippen LogP contribution in [0.3, 0.4) is 0 Å². The fourth-order valence-corrected chi connectivity index (χ4v) is 6.95. The molecule has 11 heteroatoms. The number of rotatable bonds is 45. The second-order valence-electron chi connectivity index (χ2n) is 15.8. The van der Waals surface area contributed by atoms with Crippen molar-refractivity contribution in [2.24, 2.45) is 5.73 Å². The van der Waals surface area contributed by atoms with E-state index in [0.29, 0.717) is 13.0 Å². The maximum Gasteiger partial charge on any atom is 0.472 e. The SMILES string of the molecule is CC/C=C\C/C=C\C/C=C\C/C=C\CCCCCCCCCCCCCOCC(COP(=O)(O)OCC(N)C(=O)O)OC(=O)CCCCCC/C=C\C/C=C\C/C=C\C/C=C\CC. The van der Waals surface area contributed by atoms with Crippen molar-refractivity contribution in [3.63, 3.8) is 0 Å². The molecule has 0 saturated heterocycles. The van der Waals surface area contributed by atoms with Gasteiger partial charge in [0.05, 0.1) is 19.8 Å². The normalized spacial score (nSPS) is 14.6. The highest BCUT2D eigenvalue weighted by Gasteiger charge is 2.27. The number of hydrogen-bond donors (Lipinski definition) is 3. The first-order valence-electron chi connectivity index (χ1n) is 24.3. The molecule has 3 unspecified atom stereocenters. The first kappa shape index (κ1) is 59.9. The van der Waals surface area contributed by atoms with Crippen LogP contribution < -0.4 is 5.73 Å². The van der Waals surface area contributed by atoms with Gasteiger partial charge in [0.1, 0.15) is 12.1 Å². The second kappa shape index (κ2) is 46.9. The Morgan fingerprint density at radius 1 is 0.508 bits per heavy atom. The molecule has 0 radical (unpaired) electrons. The molecular formula is C52H88NO9P. The molecule has 0 amide bonds. The van der Waals surface area contributed by atoms with E-state index in [9.17, 15) is 19.0 Å². The van der Waals surface area contributed by atoms with E-state index in [0.717, 1.165) is 96.3 Å². The number of carboxylic acids is 1. The zero-order valence-corrected chi connectivity index (χ0v) is 40.3. The second-order valence-corrected chi connectivity index (χ2v) is 17.3. The Bertz CT molecular complexity index is 1370. The summed E-state index contributed by atoms with van der Waals surface area (Å²) in [6.07, 6.45) is 61.8. The predicted octanol–water partition coefficient (Wildman–Crippen LogP) is 14.1. The standard InChI is InChI=1S/C52H88NO9P/c1-3-5-7-9-11-13-15-17-19-21-22-23-24-25-26-27-29-31-33-35-37-39-41-43-45-59-46-49(47-60-63(57,58)61-48-50(53)52(55)56)62-51(54)44-42-40-38-36-34-32-30-28-20-18-16-14-12-10-8-6-4-2/h5-8,11-14,17-20,22-23,30,32,49-50H,3-4,9-10,15-16,21,24-29,31,33-48,53H2,1-2H3,(H,55,56)(H,57,58)/b7-5-,8-6-,13-11-,14-12-,19-17-,20-18-,23-22-,32-30-. The van der Waals surface area contributed by atoms with Gasteiger partial charge in [-0.2, -0.15) is 0 Å². The van der Waals surface area contributed by atoms with Gasteiger partial charge in [-0.25, -0.2) is 4.57 Å². The van der Waals surface area contributed by atoms with E-state index in [1.807, 2.05) is 0 Å². The van der Waals surface area contributed by atoms with Crippen LogP contribution in [0.2, 0.25) is 0 Å². The topological polar surface area (TPSA) is 155 Å². The molecule has 0 aliphatic rings. The molecule has 0 aliphatic carbocycles. The van der Waals surface area contributed by atoms with Gasteiger partial charge in [0, 0.05) is 13.0 Å². The number of carbonyl (C=O) groups is 2. The van der Waals surface area contributed by atoms with Gasteiger partial charge in [-0.1, -0.05) is 182 Å². The number of aliphatic carboxylic acids is 1. The molecule has 0 spiro atoms. The number of hydrogen-bond acceptors (Lipinski definition) is 8. The molecule has 63 heavy (non-hydrogen) atoms. The maximum absolute atomic E-state index is 12.7. The van der Waals surface area contributed by atoms with Gasteiger partial charge in [0.25, 0.3) is 0 Å². The minimum Gasteiger partial charge on any atom is -0.480 e. The van der Waals surface area contributed by atoms with Crippen molar-refractivity contribution in [2.45, 2.75) is 193 Å². The highest BCUT2D eigenvalue weighted by molar-refractivity contribution is 7.47. The molecule has 0 aromatic carbocycles. The number of carboxylic acid groups (broad SMARTS) is 1. The number of carbonyl (C=O) groups excluding carboxylic acids is 1. The average molecular weight is 902 g/mol. The van der Waals surface area contributed by atoms with Gasteiger partial charge in [0.15, 0.2) is 0 Å². The molecule has 0 rings (SSSR count). The lowest BCUT2D eigenvalue weighted by Gasteiger charge is -2.20. The molecular weight excluding hydrogens is 814 g/mol. The molecule has 3 atom stereocenters. The average Bonchev–Trinajstić information content (AvgIpc) is 3.26. The Balaban J connectivity index is 4.20. The van der Waals surface area contributed by atoms with Crippen LogP contribution in [0.1, 0.15) is 181 Å². The van der Waals surface area contributed by atoms with Gasteiger partial charge in [0.2, 0.25) is 0 Å². The molecule has 0 bridgehead atoms. The molecule has 0 aromatic rings. The molecule has 360 valence electrons. The summed E-state index contributed by atoms with van der Waals surface area (Å²) in [7, 11) is -4.64. The van der Waals surface area contributed by atoms with Crippen LogP contribution in [0.25, 0.3) is 0 Å². The van der Waals surface area contributed by atoms with E-state index in [2.05, 4.69) is 111 Å². The van der Waals surface area contributed by atoms with Crippen LogP contribution in [-0.4, -0.2) is 60.5 Å². The first-order valence-corrected chi connectivity index (χ1v) is 25.8. The van der Waals surface area contributed by atoms with Gasteiger partial charge in [-0.3, -0.25) is 18.6 Å². The smallest absolute Gasteiger partial charge is 0.472 e. The fraction of sp³-hybridized carbons (Fsp3) is 0.654. The molecule has 4 N–H and O–H groups in total. The quantitative estimate of drug-likeness (QED) is 0.0233. The minimum absolute atomic E-state index is 0.00130. The van der Waals surface area contributed by atoms with Crippen LogP contribution >= 0.6 is 7.82 Å². The summed E-state index contributed by atoms with van der Waals surface area (Å²) >= 11 is 0. The number of nitrogens with two attached hydrogens (primary N) is 1. The Kier molecular flexibility index (Phi) is 44.6. The third kappa shape index (κ3) is 46.7. The number of ether oxygens (including phenoxy) is 2. The lowest BCUT2D eigenvalue weighted by atomic mass is 10.1. The highest BCUT2D eigenvalue weighted by Crippen LogP contribution is 2.43. The largest absolute Gasteiger partial charge is 0.480 e. The van der Waals surface area contributed by atoms with Gasteiger partial charge in [-0.05, 0) is 89.9 Å². The predicted molar refractivity (Wildman–Crippen MR) is 263 cm³/mol. The van der Waals surface area contributed by atoms with E-state index in [-0.39, 0.29) is 13.0 Å². The van der Waals surface area contributed by atoms with Gasteiger partial charge < -0.3 is 25.2 Å². The first-order chi connectivity index (χ1) is 30.7. The molecule has 0 heterocycles. The van der Waals surface area contributed by atoms with Crippen molar-refractivity contribution in [3.8, 4) is 0 Å². The van der Waals surface area contributed by atoms with Crippen LogP contribution in [0.15, 0.2) is 97.2 Å². The Morgan fingerprint density at radius 3 is 1.30 bits per heavy atom. The summed E-state index contributed by atoms with van der Waals surface area (Å²) in [5.41, 5.74) is 5.37. The van der Waals surface area contributed by atoms with E-state index in [1.54, 1.807) is 0 Å². The van der Waals surface area contributed by atoms with E-state index in [4.69, 9.17) is 29.4 Å². The molecule has 0 aromatic heterocycles. The van der Waals surface area contributed by atoms with Crippen molar-refractivity contribution >= 4 is 19.8 Å². The van der Waals surface area contributed by atoms with Gasteiger partial charge >= 0.3 is 19.8 Å². The van der Waals surface area contributed by atoms with Crippen LogP contribution in [0.5, 0.6) is 0 Å². The summed E-state index contributed by atoms with van der Waals surface area (Å²) in [5.74, 6) is -1.81. The minimum atomic E-state index is -4.64. The van der Waals surface area contributed by atoms with E-state index >= 15 is 0 Å². The van der Waals surface area contributed by atoms with Crippen molar-refractivity contribution in [2.75, 3.05) is 26.4 Å². The lowest BCUT2D eigenvalue weighted by molar-refractivity contribution is -0.154. The summed E-state index contributed by atoms with van der Waals surface area (Å²) in [4.78, 5) is 33.6. The number of phosphoric ester groups is 1. The Morgan fingerprint density at radius 2 is 0.873 bits per heavy atom. The molecule has 10 nitrogen and oxygen atoms in total. The Labute approximate surface area is 383 Å². The zero-order chi connectivity index (χ0) is 46.2. The number of esters is 1. The third-order valence-electron chi connectivity index (χ3n) is 9.86. The van der Waals surface area contributed by atoms with Crippen LogP contribution in [0, 0.1) is 0 Å². The molecule has 0 aliphatic heterocycles. The van der Waals surface area contributed by atoms with E-state index in [1.165, 1.54) is 57.8 Å². The maximum atomic E-state index is 12.7. The number of allylic oxidation sites excluding steroid dienone is 16. The highest BCUT2D eigenvalue weighted by atomic mass is 31.2. The van der Waals surface area contributed by atoms with Crippen LogP contribution in [-0.2, 0) is 32.7 Å². The third-order valence-corrected chi connectivity index (χ3v) is 10.8. The summed E-state index contributed by atoms with van der Waals surface area (Å²) < 4.78 is 33.4. The molecule has 0 saturated carbocycles. The zero-order valence-electron chi connectivity index (χ0n) is 39.4. The monoisotopic (exact) mass is 902 g/mol. The van der Waals surface area contributed by atoms with E-state index < -0.39 is 45.1 Å². The van der Waals surface area contributed by atoms with Gasteiger partial charge in [-0.15, -0.1) is 0 Å².